The van der Waals surface area contributed by atoms with Crippen molar-refractivity contribution in [2.45, 2.75) is 43.8 Å². The summed E-state index contributed by atoms with van der Waals surface area (Å²) in [4.78, 5) is 12.7. The molecule has 0 bridgehead atoms. The van der Waals surface area contributed by atoms with E-state index in [1.807, 2.05) is 20.8 Å². The Morgan fingerprint density at radius 1 is 1.21 bits per heavy atom. The smallest absolute Gasteiger partial charge is 0.346 e. The minimum Gasteiger partial charge on any atom is -0.346 e. The van der Waals surface area contributed by atoms with Gasteiger partial charge in [0, 0.05) is 5.54 Å². The van der Waals surface area contributed by atoms with E-state index in [9.17, 15) is 26.4 Å². The Labute approximate surface area is 163 Å². The van der Waals surface area contributed by atoms with Gasteiger partial charge in [-0.1, -0.05) is 13.0 Å². The fourth-order valence-corrected chi connectivity index (χ4v) is 4.43. The standard InChI is InChI=1S/C18H26F3N3O3S/c1-4-17(2,3)22-16(25)13-23-8-10-24(11-9-23)28(26,27)15-7-5-6-14(12-15)18(19,20)21/h5-7,12H,4,8-11,13H2,1-3H3,(H,22,25)/p+1. The molecule has 1 aliphatic rings. The van der Waals surface area contributed by atoms with Gasteiger partial charge in [0.05, 0.1) is 36.6 Å². The van der Waals surface area contributed by atoms with Crippen LogP contribution in [0.1, 0.15) is 32.8 Å². The number of alkyl halides is 3. The number of carbonyl (C=O) groups excluding carboxylic acids is 1. The molecule has 0 spiro atoms. The average molecular weight is 422 g/mol. The molecule has 0 atom stereocenters. The molecule has 10 heteroatoms. The van der Waals surface area contributed by atoms with Crippen molar-refractivity contribution < 1.29 is 31.3 Å². The summed E-state index contributed by atoms with van der Waals surface area (Å²) in [6.07, 6.45) is -3.81. The molecule has 0 unspecified atom stereocenters. The molecular weight excluding hydrogens is 395 g/mol. The summed E-state index contributed by atoms with van der Waals surface area (Å²) in [5.74, 6) is -0.101. The second kappa shape index (κ2) is 8.38. The van der Waals surface area contributed by atoms with Crippen molar-refractivity contribution in [1.29, 1.82) is 0 Å². The van der Waals surface area contributed by atoms with Crippen LogP contribution in [0.5, 0.6) is 0 Å². The van der Waals surface area contributed by atoms with Gasteiger partial charge >= 0.3 is 6.18 Å². The summed E-state index contributed by atoms with van der Waals surface area (Å²) < 4.78 is 65.2. The van der Waals surface area contributed by atoms with E-state index in [1.54, 1.807) is 0 Å². The number of sulfonamides is 1. The van der Waals surface area contributed by atoms with E-state index < -0.39 is 21.8 Å². The third-order valence-corrected chi connectivity index (χ3v) is 6.90. The molecule has 1 aliphatic heterocycles. The van der Waals surface area contributed by atoms with E-state index in [0.29, 0.717) is 19.2 Å². The van der Waals surface area contributed by atoms with Gasteiger partial charge in [-0.2, -0.15) is 17.5 Å². The summed E-state index contributed by atoms with van der Waals surface area (Å²) in [7, 11) is -4.01. The number of hydrogen-bond donors (Lipinski definition) is 2. The highest BCUT2D eigenvalue weighted by atomic mass is 32.2. The molecule has 1 heterocycles. The number of hydrogen-bond acceptors (Lipinski definition) is 3. The number of benzene rings is 1. The fourth-order valence-electron chi connectivity index (χ4n) is 2.94. The summed E-state index contributed by atoms with van der Waals surface area (Å²) in [6, 6.07) is 3.77. The largest absolute Gasteiger partial charge is 0.416 e. The van der Waals surface area contributed by atoms with Gasteiger partial charge in [-0.25, -0.2) is 8.42 Å². The molecular formula is C18H27F3N3O3S+. The molecule has 28 heavy (non-hydrogen) atoms. The number of carbonyl (C=O) groups is 1. The molecule has 1 saturated heterocycles. The molecule has 1 aromatic carbocycles. The maximum absolute atomic E-state index is 12.9. The van der Waals surface area contributed by atoms with Crippen molar-refractivity contribution in [2.24, 2.45) is 0 Å². The molecule has 0 saturated carbocycles. The molecule has 0 aromatic heterocycles. The molecule has 2 rings (SSSR count). The number of quaternary nitrogens is 1. The van der Waals surface area contributed by atoms with Gasteiger partial charge in [-0.15, -0.1) is 0 Å². The Morgan fingerprint density at radius 2 is 1.82 bits per heavy atom. The van der Waals surface area contributed by atoms with Crippen LogP contribution < -0.4 is 10.2 Å². The molecule has 6 nitrogen and oxygen atoms in total. The van der Waals surface area contributed by atoms with Gasteiger partial charge in [-0.3, -0.25) is 4.79 Å². The lowest BCUT2D eigenvalue weighted by molar-refractivity contribution is -0.895. The van der Waals surface area contributed by atoms with Gasteiger partial charge in [0.1, 0.15) is 0 Å². The van der Waals surface area contributed by atoms with E-state index in [1.165, 1.54) is 10.4 Å². The van der Waals surface area contributed by atoms with Crippen molar-refractivity contribution >= 4 is 15.9 Å². The zero-order valence-corrected chi connectivity index (χ0v) is 17.1. The zero-order chi connectivity index (χ0) is 21.2. The lowest BCUT2D eigenvalue weighted by atomic mass is 10.0. The lowest BCUT2D eigenvalue weighted by Gasteiger charge is -2.32. The second-order valence-electron chi connectivity index (χ2n) is 7.64. The summed E-state index contributed by atoms with van der Waals surface area (Å²) >= 11 is 0. The number of rotatable bonds is 6. The zero-order valence-electron chi connectivity index (χ0n) is 16.3. The fraction of sp³-hybridized carbons (Fsp3) is 0.611. The first kappa shape index (κ1) is 22.6. The number of amides is 1. The molecule has 1 fully saturated rings. The van der Waals surface area contributed by atoms with Crippen LogP contribution in [-0.2, 0) is 21.0 Å². The minimum absolute atomic E-state index is 0.101. The SMILES string of the molecule is CCC(C)(C)NC(=O)C[NH+]1CCN(S(=O)(=O)c2cccc(C(F)(F)F)c2)CC1. The van der Waals surface area contributed by atoms with Gasteiger partial charge in [-0.05, 0) is 38.5 Å². The Hall–Kier alpha value is -1.65. The van der Waals surface area contributed by atoms with Crippen LogP contribution in [0.3, 0.4) is 0 Å². The van der Waals surface area contributed by atoms with Gasteiger partial charge in [0.2, 0.25) is 10.0 Å². The maximum atomic E-state index is 12.9. The molecule has 1 aromatic rings. The van der Waals surface area contributed by atoms with E-state index in [4.69, 9.17) is 0 Å². The van der Waals surface area contributed by atoms with Crippen LogP contribution in [-0.4, -0.2) is 56.9 Å². The summed E-state index contributed by atoms with van der Waals surface area (Å²) in [5, 5.41) is 2.94. The molecule has 1 amide bonds. The van der Waals surface area contributed by atoms with E-state index >= 15 is 0 Å². The summed E-state index contributed by atoms with van der Waals surface area (Å²) in [6.45, 7) is 7.21. The van der Waals surface area contributed by atoms with Gasteiger partial charge in [0.25, 0.3) is 5.91 Å². The van der Waals surface area contributed by atoms with Crippen molar-refractivity contribution in [1.82, 2.24) is 9.62 Å². The van der Waals surface area contributed by atoms with Crippen molar-refractivity contribution in [2.75, 3.05) is 32.7 Å². The van der Waals surface area contributed by atoms with Crippen molar-refractivity contribution in [3.8, 4) is 0 Å². The molecule has 0 radical (unpaired) electrons. The predicted molar refractivity (Wildman–Crippen MR) is 98.3 cm³/mol. The summed E-state index contributed by atoms with van der Waals surface area (Å²) in [5.41, 5.74) is -1.29. The van der Waals surface area contributed by atoms with Crippen LogP contribution >= 0.6 is 0 Å². The second-order valence-corrected chi connectivity index (χ2v) is 9.58. The Morgan fingerprint density at radius 3 is 2.36 bits per heavy atom. The Balaban J connectivity index is 2.00. The van der Waals surface area contributed by atoms with Crippen LogP contribution in [0.4, 0.5) is 13.2 Å². The first-order valence-electron chi connectivity index (χ1n) is 9.17. The Kier molecular flexibility index (Phi) is 6.78. The Bertz CT molecular complexity index is 802. The first-order chi connectivity index (χ1) is 12.8. The number of piperazine rings is 1. The number of nitrogens with zero attached hydrogens (tertiary/aromatic N) is 1. The van der Waals surface area contributed by atoms with E-state index in [2.05, 4.69) is 5.32 Å². The predicted octanol–water partition coefficient (Wildman–Crippen LogP) is 0.899. The van der Waals surface area contributed by atoms with Crippen LogP contribution in [0.15, 0.2) is 29.2 Å². The van der Waals surface area contributed by atoms with Crippen molar-refractivity contribution in [3.63, 3.8) is 0 Å². The minimum atomic E-state index is -4.60. The van der Waals surface area contributed by atoms with Gasteiger partial charge < -0.3 is 10.2 Å². The van der Waals surface area contributed by atoms with Crippen LogP contribution in [0.2, 0.25) is 0 Å². The van der Waals surface area contributed by atoms with E-state index in [0.717, 1.165) is 23.5 Å². The monoisotopic (exact) mass is 422 g/mol. The highest BCUT2D eigenvalue weighted by molar-refractivity contribution is 7.89. The number of nitrogens with one attached hydrogen (secondary N) is 2. The van der Waals surface area contributed by atoms with Crippen LogP contribution in [0.25, 0.3) is 0 Å². The maximum Gasteiger partial charge on any atom is 0.416 e. The quantitative estimate of drug-likeness (QED) is 0.716. The average Bonchev–Trinajstić information content (AvgIpc) is 2.61. The van der Waals surface area contributed by atoms with Crippen molar-refractivity contribution in [3.05, 3.63) is 29.8 Å². The molecule has 158 valence electrons. The third-order valence-electron chi connectivity index (χ3n) is 5.00. The third kappa shape index (κ3) is 5.68. The highest BCUT2D eigenvalue weighted by Gasteiger charge is 2.35. The van der Waals surface area contributed by atoms with E-state index in [-0.39, 0.29) is 36.0 Å². The lowest BCUT2D eigenvalue weighted by Crippen LogP contribution is -3.16. The number of halogens is 3. The normalized spacial score (nSPS) is 17.5. The van der Waals surface area contributed by atoms with Gasteiger partial charge in [0.15, 0.2) is 6.54 Å². The molecule has 2 N–H and O–H groups in total. The topological polar surface area (TPSA) is 70.9 Å². The van der Waals surface area contributed by atoms with Crippen LogP contribution in [0, 0.1) is 0 Å². The first-order valence-corrected chi connectivity index (χ1v) is 10.6. The molecule has 0 aliphatic carbocycles. The highest BCUT2D eigenvalue weighted by Crippen LogP contribution is 2.31.